The molecule has 3 rings (SSSR count). The van der Waals surface area contributed by atoms with Gasteiger partial charge in [0.15, 0.2) is 0 Å². The van der Waals surface area contributed by atoms with E-state index in [1.807, 2.05) is 23.2 Å². The summed E-state index contributed by atoms with van der Waals surface area (Å²) in [6.07, 6.45) is 2.89. The zero-order valence-electron chi connectivity index (χ0n) is 11.1. The molecular weight excluding hydrogens is 306 g/mol. The van der Waals surface area contributed by atoms with Gasteiger partial charge in [0.25, 0.3) is 0 Å². The van der Waals surface area contributed by atoms with Crippen molar-refractivity contribution < 1.29 is 4.79 Å². The largest absolute Gasteiger partial charge is 0.353 e. The number of carbonyl (C=O) groups excluding carboxylic acids is 1. The zero-order valence-corrected chi connectivity index (χ0v) is 12.6. The van der Waals surface area contributed by atoms with Gasteiger partial charge in [0.2, 0.25) is 5.91 Å². The van der Waals surface area contributed by atoms with Crippen LogP contribution in [0.2, 0.25) is 0 Å². The highest BCUT2D eigenvalue weighted by molar-refractivity contribution is 9.10. The first-order valence-corrected chi connectivity index (χ1v) is 7.60. The summed E-state index contributed by atoms with van der Waals surface area (Å²) >= 11 is 3.39. The fourth-order valence-corrected chi connectivity index (χ4v) is 2.85. The minimum absolute atomic E-state index is 0.303. The number of hydrogen-bond donors (Lipinski definition) is 0. The zero-order chi connectivity index (χ0) is 13.4. The van der Waals surface area contributed by atoms with E-state index in [4.69, 9.17) is 0 Å². The van der Waals surface area contributed by atoms with E-state index in [0.29, 0.717) is 17.7 Å². The lowest BCUT2D eigenvalue weighted by Crippen LogP contribution is -2.49. The first-order valence-electron chi connectivity index (χ1n) is 6.80. The van der Waals surface area contributed by atoms with Gasteiger partial charge < -0.3 is 9.80 Å². The minimum Gasteiger partial charge on any atom is -0.353 e. The lowest BCUT2D eigenvalue weighted by Gasteiger charge is -2.35. The van der Waals surface area contributed by atoms with Crippen LogP contribution in [0.5, 0.6) is 0 Å². The highest BCUT2D eigenvalue weighted by Gasteiger charge is 2.41. The van der Waals surface area contributed by atoms with Gasteiger partial charge in [-0.15, -0.1) is 0 Å². The standard InChI is InChI=1S/C14H18BrN3O/c1-10-8-12(10)14(19)18-6-4-17(5-7-18)13-3-2-11(15)9-16-13/h2-3,9-10,12H,4-8H2,1H3/t10-,12-/m0/s1. The molecule has 1 saturated carbocycles. The highest BCUT2D eigenvalue weighted by Crippen LogP contribution is 2.39. The molecule has 0 unspecified atom stereocenters. The molecule has 0 spiro atoms. The molecule has 0 aromatic carbocycles. The number of rotatable bonds is 2. The molecule has 2 heterocycles. The molecule has 5 heteroatoms. The van der Waals surface area contributed by atoms with Gasteiger partial charge in [0.1, 0.15) is 5.82 Å². The van der Waals surface area contributed by atoms with Crippen LogP contribution in [-0.4, -0.2) is 42.0 Å². The Bertz CT molecular complexity index is 468. The van der Waals surface area contributed by atoms with Crippen LogP contribution in [0.15, 0.2) is 22.8 Å². The number of nitrogens with zero attached hydrogens (tertiary/aromatic N) is 3. The number of carbonyl (C=O) groups is 1. The van der Waals surface area contributed by atoms with Gasteiger partial charge in [-0.2, -0.15) is 0 Å². The topological polar surface area (TPSA) is 36.4 Å². The van der Waals surface area contributed by atoms with Crippen molar-refractivity contribution in [3.63, 3.8) is 0 Å². The number of amides is 1. The number of anilines is 1. The van der Waals surface area contributed by atoms with Crippen LogP contribution in [-0.2, 0) is 4.79 Å². The average Bonchev–Trinajstić information content (AvgIpc) is 3.16. The molecule has 0 bridgehead atoms. The Balaban J connectivity index is 1.57. The van der Waals surface area contributed by atoms with E-state index in [2.05, 4.69) is 32.7 Å². The van der Waals surface area contributed by atoms with Crippen molar-refractivity contribution in [3.8, 4) is 0 Å². The van der Waals surface area contributed by atoms with Crippen molar-refractivity contribution in [1.29, 1.82) is 0 Å². The first kappa shape index (κ1) is 12.9. The van der Waals surface area contributed by atoms with Crippen molar-refractivity contribution in [1.82, 2.24) is 9.88 Å². The van der Waals surface area contributed by atoms with Crippen LogP contribution in [0, 0.1) is 11.8 Å². The van der Waals surface area contributed by atoms with E-state index in [9.17, 15) is 4.79 Å². The Morgan fingerprint density at radius 1 is 1.32 bits per heavy atom. The SMILES string of the molecule is C[C@H]1C[C@@H]1C(=O)N1CCN(c2ccc(Br)cn2)CC1. The monoisotopic (exact) mass is 323 g/mol. The summed E-state index contributed by atoms with van der Waals surface area (Å²) < 4.78 is 0.993. The van der Waals surface area contributed by atoms with Gasteiger partial charge in [-0.1, -0.05) is 6.92 Å². The second-order valence-electron chi connectivity index (χ2n) is 5.47. The molecule has 0 N–H and O–H groups in total. The fourth-order valence-electron chi connectivity index (χ4n) is 2.61. The predicted molar refractivity (Wildman–Crippen MR) is 78.0 cm³/mol. The maximum Gasteiger partial charge on any atom is 0.226 e. The van der Waals surface area contributed by atoms with E-state index in [-0.39, 0.29) is 0 Å². The predicted octanol–water partition coefficient (Wildman–Crippen LogP) is 2.15. The summed E-state index contributed by atoms with van der Waals surface area (Å²) in [6, 6.07) is 4.02. The van der Waals surface area contributed by atoms with Gasteiger partial charge in [-0.25, -0.2) is 4.98 Å². The first-order chi connectivity index (χ1) is 9.15. The fraction of sp³-hybridized carbons (Fsp3) is 0.571. The smallest absolute Gasteiger partial charge is 0.226 e. The second kappa shape index (κ2) is 5.12. The van der Waals surface area contributed by atoms with Crippen LogP contribution in [0.3, 0.4) is 0 Å². The number of pyridine rings is 1. The van der Waals surface area contributed by atoms with Gasteiger partial charge in [0, 0.05) is 42.8 Å². The molecular formula is C14H18BrN3O. The van der Waals surface area contributed by atoms with Crippen LogP contribution < -0.4 is 4.90 Å². The van der Waals surface area contributed by atoms with Crippen molar-refractivity contribution >= 4 is 27.7 Å². The Morgan fingerprint density at radius 2 is 2.00 bits per heavy atom. The summed E-state index contributed by atoms with van der Waals surface area (Å²) in [6.45, 7) is 5.55. The molecule has 2 fully saturated rings. The molecule has 1 aromatic rings. The maximum absolute atomic E-state index is 12.1. The van der Waals surface area contributed by atoms with Crippen molar-refractivity contribution in [2.24, 2.45) is 11.8 Å². The van der Waals surface area contributed by atoms with Gasteiger partial charge in [-0.05, 0) is 40.4 Å². The number of aromatic nitrogens is 1. The van der Waals surface area contributed by atoms with Crippen LogP contribution >= 0.6 is 15.9 Å². The van der Waals surface area contributed by atoms with E-state index < -0.39 is 0 Å². The average molecular weight is 324 g/mol. The molecule has 2 atom stereocenters. The third-order valence-electron chi connectivity index (χ3n) is 4.05. The third-order valence-corrected chi connectivity index (χ3v) is 4.52. The minimum atomic E-state index is 0.303. The van der Waals surface area contributed by atoms with E-state index in [1.54, 1.807) is 0 Å². The summed E-state index contributed by atoms with van der Waals surface area (Å²) in [5, 5.41) is 0. The molecule has 4 nitrogen and oxygen atoms in total. The van der Waals surface area contributed by atoms with Gasteiger partial charge in [0.05, 0.1) is 0 Å². The van der Waals surface area contributed by atoms with Crippen LogP contribution in [0.25, 0.3) is 0 Å². The number of halogens is 1. The molecule has 1 aliphatic carbocycles. The van der Waals surface area contributed by atoms with Gasteiger partial charge >= 0.3 is 0 Å². The Labute approximate surface area is 121 Å². The lowest BCUT2D eigenvalue weighted by molar-refractivity contribution is -0.133. The molecule has 1 saturated heterocycles. The van der Waals surface area contributed by atoms with E-state index in [0.717, 1.165) is 42.9 Å². The third kappa shape index (κ3) is 2.76. The molecule has 102 valence electrons. The second-order valence-corrected chi connectivity index (χ2v) is 6.38. The molecule has 1 amide bonds. The van der Waals surface area contributed by atoms with Crippen molar-refractivity contribution in [2.75, 3.05) is 31.1 Å². The molecule has 2 aliphatic rings. The number of hydrogen-bond acceptors (Lipinski definition) is 3. The van der Waals surface area contributed by atoms with Crippen LogP contribution in [0.4, 0.5) is 5.82 Å². The summed E-state index contributed by atoms with van der Waals surface area (Å²) in [7, 11) is 0. The van der Waals surface area contributed by atoms with Crippen LogP contribution in [0.1, 0.15) is 13.3 Å². The van der Waals surface area contributed by atoms with Crippen molar-refractivity contribution in [2.45, 2.75) is 13.3 Å². The molecule has 19 heavy (non-hydrogen) atoms. The summed E-state index contributed by atoms with van der Waals surface area (Å²) in [4.78, 5) is 20.8. The lowest BCUT2D eigenvalue weighted by atomic mass is 10.2. The quantitative estimate of drug-likeness (QED) is 0.836. The Kier molecular flexibility index (Phi) is 3.48. The summed E-state index contributed by atoms with van der Waals surface area (Å²) in [5.74, 6) is 2.25. The normalized spacial score (nSPS) is 26.4. The molecule has 1 aromatic heterocycles. The van der Waals surface area contributed by atoms with Crippen molar-refractivity contribution in [3.05, 3.63) is 22.8 Å². The number of piperazine rings is 1. The van der Waals surface area contributed by atoms with E-state index >= 15 is 0 Å². The summed E-state index contributed by atoms with van der Waals surface area (Å²) in [5.41, 5.74) is 0. The molecule has 0 radical (unpaired) electrons. The highest BCUT2D eigenvalue weighted by atomic mass is 79.9. The molecule has 1 aliphatic heterocycles. The van der Waals surface area contributed by atoms with Gasteiger partial charge in [-0.3, -0.25) is 4.79 Å². The van der Waals surface area contributed by atoms with E-state index in [1.165, 1.54) is 0 Å². The maximum atomic E-state index is 12.1. The Hall–Kier alpha value is -1.10. The Morgan fingerprint density at radius 3 is 2.53 bits per heavy atom.